The number of ether oxygens (including phenoxy) is 1. The van der Waals surface area contributed by atoms with Gasteiger partial charge >= 0.3 is 6.61 Å². The van der Waals surface area contributed by atoms with Gasteiger partial charge in [0.2, 0.25) is 0 Å². The lowest BCUT2D eigenvalue weighted by Crippen LogP contribution is -2.37. The first-order valence-electron chi connectivity index (χ1n) is 6.14. The maximum absolute atomic E-state index is 12.1. The van der Waals surface area contributed by atoms with Crippen molar-refractivity contribution in [1.82, 2.24) is 10.6 Å². The third-order valence-electron chi connectivity index (χ3n) is 2.35. The second-order valence-electron chi connectivity index (χ2n) is 3.88. The van der Waals surface area contributed by atoms with Crippen LogP contribution in [0.4, 0.5) is 8.78 Å². The summed E-state index contributed by atoms with van der Waals surface area (Å²) in [5.41, 5.74) is 0.845. The molecule has 0 bridgehead atoms. The molecule has 0 spiro atoms. The van der Waals surface area contributed by atoms with Gasteiger partial charge in [-0.3, -0.25) is 4.99 Å². The van der Waals surface area contributed by atoms with Crippen LogP contribution in [0.1, 0.15) is 18.9 Å². The predicted octanol–water partition coefficient (Wildman–Crippen LogP) is 2.98. The van der Waals surface area contributed by atoms with Crippen LogP contribution in [0.2, 0.25) is 0 Å². The Morgan fingerprint density at radius 2 is 2.10 bits per heavy atom. The van der Waals surface area contributed by atoms with E-state index in [1.54, 1.807) is 19.2 Å². The highest BCUT2D eigenvalue weighted by Gasteiger charge is 2.04. The number of nitrogens with one attached hydrogen (secondary N) is 2. The fourth-order valence-electron chi connectivity index (χ4n) is 1.48. The maximum atomic E-state index is 12.1. The van der Waals surface area contributed by atoms with E-state index in [2.05, 4.69) is 27.3 Å². The normalized spacial score (nSPS) is 10.9. The van der Waals surface area contributed by atoms with Gasteiger partial charge in [-0.05, 0) is 24.1 Å². The first-order chi connectivity index (χ1) is 9.15. The summed E-state index contributed by atoms with van der Waals surface area (Å²) in [7, 11) is 1.68. The molecule has 0 amide bonds. The van der Waals surface area contributed by atoms with E-state index in [4.69, 9.17) is 0 Å². The van der Waals surface area contributed by atoms with Gasteiger partial charge in [0.05, 0.1) is 0 Å². The number of guanidine groups is 1. The number of hydrogen-bond donors (Lipinski definition) is 2. The third kappa shape index (κ3) is 7.46. The van der Waals surface area contributed by atoms with Crippen molar-refractivity contribution in [3.05, 3.63) is 29.8 Å². The zero-order valence-corrected chi connectivity index (χ0v) is 13.9. The molecule has 0 atom stereocenters. The smallest absolute Gasteiger partial charge is 0.387 e. The molecule has 2 N–H and O–H groups in total. The van der Waals surface area contributed by atoms with Gasteiger partial charge in [0, 0.05) is 20.1 Å². The molecule has 114 valence electrons. The molecular formula is C13H20F2IN3O. The van der Waals surface area contributed by atoms with Crippen LogP contribution >= 0.6 is 24.0 Å². The topological polar surface area (TPSA) is 45.7 Å². The van der Waals surface area contributed by atoms with E-state index >= 15 is 0 Å². The molecule has 0 aliphatic rings. The molecule has 0 saturated heterocycles. The molecule has 0 fully saturated rings. The van der Waals surface area contributed by atoms with Crippen LogP contribution in [0.25, 0.3) is 0 Å². The summed E-state index contributed by atoms with van der Waals surface area (Å²) < 4.78 is 28.5. The number of alkyl halides is 2. The monoisotopic (exact) mass is 399 g/mol. The number of rotatable bonds is 6. The Morgan fingerprint density at radius 1 is 1.35 bits per heavy atom. The first kappa shape index (κ1) is 18.9. The fourth-order valence-corrected chi connectivity index (χ4v) is 1.48. The van der Waals surface area contributed by atoms with Crippen LogP contribution in [0.3, 0.4) is 0 Å². The van der Waals surface area contributed by atoms with Gasteiger partial charge in [-0.15, -0.1) is 24.0 Å². The summed E-state index contributed by atoms with van der Waals surface area (Å²) in [4.78, 5) is 4.05. The van der Waals surface area contributed by atoms with E-state index in [0.717, 1.165) is 18.5 Å². The van der Waals surface area contributed by atoms with Crippen molar-refractivity contribution in [3.8, 4) is 5.75 Å². The van der Waals surface area contributed by atoms with Gasteiger partial charge in [0.15, 0.2) is 5.96 Å². The quantitative estimate of drug-likeness (QED) is 0.439. The second-order valence-corrected chi connectivity index (χ2v) is 3.88. The molecule has 0 heterocycles. The van der Waals surface area contributed by atoms with Crippen LogP contribution < -0.4 is 15.4 Å². The van der Waals surface area contributed by atoms with E-state index in [1.807, 2.05) is 6.07 Å². The second kappa shape index (κ2) is 10.6. The van der Waals surface area contributed by atoms with Crippen LogP contribution in [-0.4, -0.2) is 26.2 Å². The van der Waals surface area contributed by atoms with Crippen molar-refractivity contribution in [2.75, 3.05) is 13.6 Å². The lowest BCUT2D eigenvalue weighted by molar-refractivity contribution is -0.0498. The summed E-state index contributed by atoms with van der Waals surface area (Å²) in [6.07, 6.45) is 0.998. The van der Waals surface area contributed by atoms with E-state index in [9.17, 15) is 8.78 Å². The van der Waals surface area contributed by atoms with Gasteiger partial charge in [-0.25, -0.2) is 0 Å². The summed E-state index contributed by atoms with van der Waals surface area (Å²) in [6.45, 7) is 0.575. The summed E-state index contributed by atoms with van der Waals surface area (Å²) in [6, 6.07) is 6.58. The Morgan fingerprint density at radius 3 is 2.70 bits per heavy atom. The zero-order valence-electron chi connectivity index (χ0n) is 11.5. The van der Waals surface area contributed by atoms with Gasteiger partial charge in [-0.2, -0.15) is 8.78 Å². The maximum Gasteiger partial charge on any atom is 0.387 e. The minimum absolute atomic E-state index is 0. The van der Waals surface area contributed by atoms with Gasteiger partial charge in [0.1, 0.15) is 5.75 Å². The molecule has 0 radical (unpaired) electrons. The van der Waals surface area contributed by atoms with Gasteiger partial charge in [0.25, 0.3) is 0 Å². The van der Waals surface area contributed by atoms with Gasteiger partial charge in [-0.1, -0.05) is 19.1 Å². The molecule has 7 heteroatoms. The number of benzene rings is 1. The number of aliphatic imine (C=N–C) groups is 1. The average molecular weight is 399 g/mol. The molecule has 0 saturated carbocycles. The van der Waals surface area contributed by atoms with E-state index in [1.165, 1.54) is 6.07 Å². The van der Waals surface area contributed by atoms with Crippen LogP contribution in [0, 0.1) is 0 Å². The molecule has 0 aliphatic heterocycles. The molecule has 4 nitrogen and oxygen atoms in total. The summed E-state index contributed by atoms with van der Waals surface area (Å²) in [5.74, 6) is 0.841. The lowest BCUT2D eigenvalue weighted by Gasteiger charge is -2.12. The largest absolute Gasteiger partial charge is 0.435 e. The number of nitrogens with zero attached hydrogens (tertiary/aromatic N) is 1. The highest BCUT2D eigenvalue weighted by molar-refractivity contribution is 14.0. The molecule has 1 aromatic carbocycles. The van der Waals surface area contributed by atoms with E-state index in [0.29, 0.717) is 12.5 Å². The minimum Gasteiger partial charge on any atom is -0.435 e. The fraction of sp³-hybridized carbons (Fsp3) is 0.462. The van der Waals surface area contributed by atoms with Crippen molar-refractivity contribution < 1.29 is 13.5 Å². The van der Waals surface area contributed by atoms with E-state index < -0.39 is 6.61 Å². The Labute approximate surface area is 135 Å². The van der Waals surface area contributed by atoms with Crippen molar-refractivity contribution in [3.63, 3.8) is 0 Å². The molecule has 0 aliphatic carbocycles. The standard InChI is InChI=1S/C13H19F2N3O.HI/c1-3-7-17-13(16-2)18-9-10-5-4-6-11(8-10)19-12(14)15;/h4-6,8,12H,3,7,9H2,1-2H3,(H2,16,17,18);1H. The summed E-state index contributed by atoms with van der Waals surface area (Å²) in [5, 5.41) is 6.22. The van der Waals surface area contributed by atoms with Crippen LogP contribution in [0.15, 0.2) is 29.3 Å². The van der Waals surface area contributed by atoms with Crippen molar-refractivity contribution in [2.24, 2.45) is 4.99 Å². The minimum atomic E-state index is -2.80. The lowest BCUT2D eigenvalue weighted by atomic mass is 10.2. The van der Waals surface area contributed by atoms with Crippen LogP contribution in [-0.2, 0) is 6.54 Å². The first-order valence-corrected chi connectivity index (χ1v) is 6.14. The Kier molecular flexibility index (Phi) is 10.0. The number of halogens is 3. The SMILES string of the molecule is CCCNC(=NC)NCc1cccc(OC(F)F)c1.I. The zero-order chi connectivity index (χ0) is 14.1. The Balaban J connectivity index is 0.00000361. The molecule has 1 aromatic rings. The number of hydrogen-bond acceptors (Lipinski definition) is 2. The average Bonchev–Trinajstić information content (AvgIpc) is 2.38. The van der Waals surface area contributed by atoms with Crippen molar-refractivity contribution in [1.29, 1.82) is 0 Å². The highest BCUT2D eigenvalue weighted by Crippen LogP contribution is 2.15. The summed E-state index contributed by atoms with van der Waals surface area (Å²) >= 11 is 0. The van der Waals surface area contributed by atoms with Crippen molar-refractivity contribution in [2.45, 2.75) is 26.5 Å². The molecule has 1 rings (SSSR count). The Hall–Kier alpha value is -1.12. The third-order valence-corrected chi connectivity index (χ3v) is 2.35. The molecule has 0 unspecified atom stereocenters. The highest BCUT2D eigenvalue weighted by atomic mass is 127. The predicted molar refractivity (Wildman–Crippen MR) is 87.0 cm³/mol. The Bertz CT molecular complexity index is 416. The molecular weight excluding hydrogens is 379 g/mol. The van der Waals surface area contributed by atoms with Crippen molar-refractivity contribution >= 4 is 29.9 Å². The molecule has 20 heavy (non-hydrogen) atoms. The van der Waals surface area contributed by atoms with Crippen LogP contribution in [0.5, 0.6) is 5.75 Å². The van der Waals surface area contributed by atoms with E-state index in [-0.39, 0.29) is 29.7 Å². The van der Waals surface area contributed by atoms with Gasteiger partial charge < -0.3 is 15.4 Å². The molecule has 0 aromatic heterocycles.